The molecule has 0 aromatic carbocycles. The molecule has 2 aliphatic carbocycles. The highest BCUT2D eigenvalue weighted by Crippen LogP contribution is 2.35. The molecule has 1 heterocycles. The predicted molar refractivity (Wildman–Crippen MR) is 87.6 cm³/mol. The molecule has 122 valence electrons. The van der Waals surface area contributed by atoms with Crippen molar-refractivity contribution in [2.24, 2.45) is 11.3 Å². The number of hydrogen-bond acceptors (Lipinski definition) is 3. The number of ether oxygens (including phenoxy) is 1. The van der Waals surface area contributed by atoms with E-state index in [0.29, 0.717) is 5.41 Å². The Hall–Kier alpha value is -0.120. The van der Waals surface area contributed by atoms with Crippen LogP contribution < -0.4 is 5.32 Å². The van der Waals surface area contributed by atoms with E-state index in [2.05, 4.69) is 24.1 Å². The molecule has 0 radical (unpaired) electrons. The van der Waals surface area contributed by atoms with Crippen molar-refractivity contribution < 1.29 is 4.74 Å². The minimum Gasteiger partial charge on any atom is -0.381 e. The molecular weight excluding hydrogens is 260 g/mol. The van der Waals surface area contributed by atoms with Crippen LogP contribution in [0.25, 0.3) is 0 Å². The van der Waals surface area contributed by atoms with E-state index in [9.17, 15) is 0 Å². The van der Waals surface area contributed by atoms with Crippen LogP contribution in [0.2, 0.25) is 0 Å². The Morgan fingerprint density at radius 2 is 2.05 bits per heavy atom. The fourth-order valence-electron chi connectivity index (χ4n) is 3.56. The van der Waals surface area contributed by atoms with Crippen molar-refractivity contribution in [2.75, 3.05) is 32.8 Å². The molecule has 1 N–H and O–H groups in total. The third-order valence-electron chi connectivity index (χ3n) is 5.34. The van der Waals surface area contributed by atoms with E-state index < -0.39 is 0 Å². The zero-order chi connectivity index (χ0) is 14.7. The van der Waals surface area contributed by atoms with Gasteiger partial charge in [-0.3, -0.25) is 4.90 Å². The van der Waals surface area contributed by atoms with E-state index in [4.69, 9.17) is 4.74 Å². The van der Waals surface area contributed by atoms with Gasteiger partial charge in [-0.25, -0.2) is 0 Å². The van der Waals surface area contributed by atoms with Crippen molar-refractivity contribution >= 4 is 0 Å². The Balaban J connectivity index is 1.57. The van der Waals surface area contributed by atoms with Gasteiger partial charge in [-0.15, -0.1) is 0 Å². The average Bonchev–Trinajstić information content (AvgIpc) is 3.36. The van der Waals surface area contributed by atoms with Gasteiger partial charge in [0.05, 0.1) is 6.61 Å². The monoisotopic (exact) mass is 294 g/mol. The Morgan fingerprint density at radius 3 is 2.62 bits per heavy atom. The smallest absolute Gasteiger partial charge is 0.0546 e. The summed E-state index contributed by atoms with van der Waals surface area (Å²) in [6.07, 6.45) is 9.54. The Morgan fingerprint density at radius 1 is 1.24 bits per heavy atom. The summed E-state index contributed by atoms with van der Waals surface area (Å²) in [7, 11) is 0. The van der Waals surface area contributed by atoms with E-state index in [-0.39, 0.29) is 0 Å². The van der Waals surface area contributed by atoms with E-state index in [1.54, 1.807) is 0 Å². The van der Waals surface area contributed by atoms with Crippen LogP contribution in [0.5, 0.6) is 0 Å². The number of rotatable bonds is 9. The fraction of sp³-hybridized carbons (Fsp3) is 1.00. The summed E-state index contributed by atoms with van der Waals surface area (Å²) < 4.78 is 5.90. The van der Waals surface area contributed by atoms with Gasteiger partial charge >= 0.3 is 0 Å². The molecular formula is C18H34N2O. The Kier molecular flexibility index (Phi) is 5.23. The van der Waals surface area contributed by atoms with Gasteiger partial charge in [-0.05, 0) is 57.4 Å². The number of hydrogen-bond donors (Lipinski definition) is 1. The molecule has 1 unspecified atom stereocenters. The van der Waals surface area contributed by atoms with Gasteiger partial charge in [0.15, 0.2) is 0 Å². The predicted octanol–water partition coefficient (Wildman–Crippen LogP) is 3.05. The van der Waals surface area contributed by atoms with Crippen LogP contribution in [0.1, 0.15) is 58.8 Å². The van der Waals surface area contributed by atoms with Crippen molar-refractivity contribution in [3.05, 3.63) is 0 Å². The third kappa shape index (κ3) is 4.94. The van der Waals surface area contributed by atoms with E-state index in [0.717, 1.165) is 31.2 Å². The minimum absolute atomic E-state index is 0.375. The molecule has 1 aliphatic heterocycles. The maximum Gasteiger partial charge on any atom is 0.0546 e. The normalized spacial score (nSPS) is 30.3. The molecule has 3 rings (SSSR count). The first-order valence-electron chi connectivity index (χ1n) is 9.22. The zero-order valence-corrected chi connectivity index (χ0v) is 14.1. The van der Waals surface area contributed by atoms with Crippen molar-refractivity contribution in [2.45, 2.75) is 70.9 Å². The molecule has 1 atom stereocenters. The van der Waals surface area contributed by atoms with Crippen molar-refractivity contribution in [3.63, 3.8) is 0 Å². The molecule has 3 fully saturated rings. The first-order valence-corrected chi connectivity index (χ1v) is 9.22. The van der Waals surface area contributed by atoms with Crippen LogP contribution in [0, 0.1) is 11.3 Å². The summed E-state index contributed by atoms with van der Waals surface area (Å²) in [4.78, 5) is 2.79. The van der Waals surface area contributed by atoms with Crippen LogP contribution in [0.3, 0.4) is 0 Å². The second kappa shape index (κ2) is 6.97. The van der Waals surface area contributed by atoms with Crippen LogP contribution >= 0.6 is 0 Å². The lowest BCUT2D eigenvalue weighted by molar-refractivity contribution is -0.0283. The van der Waals surface area contributed by atoms with Crippen LogP contribution in [-0.2, 0) is 4.74 Å². The molecule has 0 aromatic rings. The molecule has 3 aliphatic rings. The zero-order valence-electron chi connectivity index (χ0n) is 14.1. The summed E-state index contributed by atoms with van der Waals surface area (Å²) >= 11 is 0. The van der Waals surface area contributed by atoms with Gasteiger partial charge in [0.1, 0.15) is 0 Å². The Bertz CT molecular complexity index is 317. The Labute approximate surface area is 130 Å². The lowest BCUT2D eigenvalue weighted by Crippen LogP contribution is -2.50. The standard InChI is InChI=1S/C18H34N2O/c1-15(2)8-10-20(17-6-7-17)13-18(9-3-11-21-14-18)12-19-16-4-5-16/h15-17,19H,3-14H2,1-2H3. The lowest BCUT2D eigenvalue weighted by atomic mass is 9.81. The maximum absolute atomic E-state index is 5.90. The molecule has 3 nitrogen and oxygen atoms in total. The summed E-state index contributed by atoms with van der Waals surface area (Å²) in [6.45, 7) is 10.3. The van der Waals surface area contributed by atoms with E-state index in [1.807, 2.05) is 0 Å². The minimum atomic E-state index is 0.375. The van der Waals surface area contributed by atoms with Crippen molar-refractivity contribution in [1.82, 2.24) is 10.2 Å². The second-order valence-electron chi connectivity index (χ2n) is 8.20. The number of nitrogens with one attached hydrogen (secondary N) is 1. The van der Waals surface area contributed by atoms with Gasteiger partial charge in [0.2, 0.25) is 0 Å². The average molecular weight is 294 g/mol. The van der Waals surface area contributed by atoms with Crippen LogP contribution in [-0.4, -0.2) is 49.8 Å². The lowest BCUT2D eigenvalue weighted by Gasteiger charge is -2.41. The summed E-state index contributed by atoms with van der Waals surface area (Å²) in [5, 5.41) is 3.79. The highest BCUT2D eigenvalue weighted by molar-refractivity contribution is 4.94. The van der Waals surface area contributed by atoms with Crippen molar-refractivity contribution in [3.8, 4) is 0 Å². The maximum atomic E-state index is 5.90. The van der Waals surface area contributed by atoms with Gasteiger partial charge in [-0.1, -0.05) is 13.8 Å². The molecule has 21 heavy (non-hydrogen) atoms. The molecule has 0 bridgehead atoms. The molecule has 0 amide bonds. The first kappa shape index (κ1) is 15.8. The largest absolute Gasteiger partial charge is 0.381 e. The third-order valence-corrected chi connectivity index (χ3v) is 5.34. The van der Waals surface area contributed by atoms with Crippen LogP contribution in [0.15, 0.2) is 0 Å². The van der Waals surface area contributed by atoms with Gasteiger partial charge in [-0.2, -0.15) is 0 Å². The summed E-state index contributed by atoms with van der Waals surface area (Å²) in [6, 6.07) is 1.69. The molecule has 0 aromatic heterocycles. The molecule has 0 spiro atoms. The van der Waals surface area contributed by atoms with Gasteiger partial charge < -0.3 is 10.1 Å². The molecule has 3 heteroatoms. The highest BCUT2D eigenvalue weighted by atomic mass is 16.5. The second-order valence-corrected chi connectivity index (χ2v) is 8.20. The first-order chi connectivity index (χ1) is 10.2. The van der Waals surface area contributed by atoms with Gasteiger partial charge in [0, 0.05) is 37.2 Å². The highest BCUT2D eigenvalue weighted by Gasteiger charge is 2.39. The summed E-state index contributed by atoms with van der Waals surface area (Å²) in [5.41, 5.74) is 0.375. The van der Waals surface area contributed by atoms with Gasteiger partial charge in [0.25, 0.3) is 0 Å². The van der Waals surface area contributed by atoms with Crippen molar-refractivity contribution in [1.29, 1.82) is 0 Å². The molecule has 2 saturated carbocycles. The fourth-order valence-corrected chi connectivity index (χ4v) is 3.56. The SMILES string of the molecule is CC(C)CCN(CC1(CNC2CC2)CCCOC1)C1CC1. The van der Waals surface area contributed by atoms with Crippen LogP contribution in [0.4, 0.5) is 0 Å². The number of nitrogens with zero attached hydrogens (tertiary/aromatic N) is 1. The summed E-state index contributed by atoms with van der Waals surface area (Å²) in [5.74, 6) is 0.814. The molecule has 1 saturated heterocycles. The van der Waals surface area contributed by atoms with E-state index >= 15 is 0 Å². The topological polar surface area (TPSA) is 24.5 Å². The van der Waals surface area contributed by atoms with E-state index in [1.165, 1.54) is 64.6 Å². The quantitative estimate of drug-likeness (QED) is 0.707.